The van der Waals surface area contributed by atoms with Gasteiger partial charge in [0.25, 0.3) is 0 Å². The van der Waals surface area contributed by atoms with Gasteiger partial charge in [0.15, 0.2) is 9.84 Å². The smallest absolute Gasteiger partial charge is 0.152 e. The van der Waals surface area contributed by atoms with Crippen LogP contribution in [0.5, 0.6) is 5.75 Å². The Morgan fingerprint density at radius 1 is 1.13 bits per heavy atom. The van der Waals surface area contributed by atoms with Crippen LogP contribution in [0.4, 0.5) is 0 Å². The van der Waals surface area contributed by atoms with Crippen molar-refractivity contribution in [2.24, 2.45) is 0 Å². The first-order valence-corrected chi connectivity index (χ1v) is 10.2. The quantitative estimate of drug-likeness (QED) is 0.903. The van der Waals surface area contributed by atoms with Crippen LogP contribution in [-0.4, -0.2) is 67.1 Å². The zero-order valence-corrected chi connectivity index (χ0v) is 14.6. The number of nitrogens with zero attached hydrogens (tertiary/aromatic N) is 2. The van der Waals surface area contributed by atoms with Crippen LogP contribution in [0.15, 0.2) is 18.2 Å². The third-order valence-electron chi connectivity index (χ3n) is 5.08. The molecule has 0 unspecified atom stereocenters. The minimum atomic E-state index is -2.79. The normalized spacial score (nSPS) is 23.9. The summed E-state index contributed by atoms with van der Waals surface area (Å²) >= 11 is 0. The molecule has 2 aliphatic rings. The Hall–Kier alpha value is -1.11. The van der Waals surface area contributed by atoms with Crippen LogP contribution in [0, 0.1) is 6.92 Å². The number of sulfone groups is 1. The van der Waals surface area contributed by atoms with Gasteiger partial charge < -0.3 is 5.11 Å². The molecule has 23 heavy (non-hydrogen) atoms. The van der Waals surface area contributed by atoms with E-state index in [1.54, 1.807) is 6.07 Å². The monoisotopic (exact) mass is 338 g/mol. The first kappa shape index (κ1) is 16.7. The van der Waals surface area contributed by atoms with Crippen molar-refractivity contribution in [1.82, 2.24) is 9.80 Å². The Morgan fingerprint density at radius 2 is 1.78 bits per heavy atom. The molecule has 2 aliphatic heterocycles. The third kappa shape index (κ3) is 4.25. The molecular formula is C17H26N2O3S. The zero-order chi connectivity index (χ0) is 16.4. The van der Waals surface area contributed by atoms with Gasteiger partial charge in [-0.3, -0.25) is 9.80 Å². The minimum Gasteiger partial charge on any atom is -0.508 e. The molecule has 1 aromatic carbocycles. The maximum absolute atomic E-state index is 11.5. The van der Waals surface area contributed by atoms with E-state index >= 15 is 0 Å². The first-order valence-electron chi connectivity index (χ1n) is 8.38. The van der Waals surface area contributed by atoms with E-state index in [1.165, 1.54) is 5.56 Å². The number of aryl methyl sites for hydroxylation is 1. The Morgan fingerprint density at radius 3 is 2.43 bits per heavy atom. The van der Waals surface area contributed by atoms with Gasteiger partial charge in [-0.2, -0.15) is 0 Å². The lowest BCUT2D eigenvalue weighted by Crippen LogP contribution is -2.50. The summed E-state index contributed by atoms with van der Waals surface area (Å²) in [5.74, 6) is 0.994. The molecule has 5 nitrogen and oxygen atoms in total. The molecule has 0 atom stereocenters. The fourth-order valence-corrected chi connectivity index (χ4v) is 4.85. The summed E-state index contributed by atoms with van der Waals surface area (Å²) in [5.41, 5.74) is 2.16. The number of likely N-dealkylation sites (tertiary alicyclic amines) is 1. The third-order valence-corrected chi connectivity index (χ3v) is 6.69. The van der Waals surface area contributed by atoms with Gasteiger partial charge >= 0.3 is 0 Å². The molecule has 1 N–H and O–H groups in total. The highest BCUT2D eigenvalue weighted by Crippen LogP contribution is 2.24. The molecule has 0 amide bonds. The number of piperidine rings is 1. The molecule has 0 aliphatic carbocycles. The van der Waals surface area contributed by atoms with E-state index in [-0.39, 0.29) is 0 Å². The molecular weight excluding hydrogens is 312 g/mol. The van der Waals surface area contributed by atoms with Crippen molar-refractivity contribution in [2.75, 3.05) is 37.7 Å². The van der Waals surface area contributed by atoms with Crippen LogP contribution in [0.1, 0.15) is 24.0 Å². The molecule has 1 aromatic rings. The minimum absolute atomic E-state index is 0.310. The molecule has 2 saturated heterocycles. The largest absolute Gasteiger partial charge is 0.508 e. The number of aromatic hydroxyl groups is 1. The van der Waals surface area contributed by atoms with Crippen LogP contribution in [0.3, 0.4) is 0 Å². The lowest BCUT2D eigenvalue weighted by Gasteiger charge is -2.40. The summed E-state index contributed by atoms with van der Waals surface area (Å²) in [4.78, 5) is 4.73. The fraction of sp³-hybridized carbons (Fsp3) is 0.647. The highest BCUT2D eigenvalue weighted by Gasteiger charge is 2.29. The molecule has 0 spiro atoms. The van der Waals surface area contributed by atoms with Crippen LogP contribution in [0.25, 0.3) is 0 Å². The van der Waals surface area contributed by atoms with Crippen LogP contribution in [-0.2, 0) is 16.4 Å². The molecule has 0 radical (unpaired) electrons. The van der Waals surface area contributed by atoms with E-state index < -0.39 is 9.84 Å². The van der Waals surface area contributed by atoms with Gasteiger partial charge in [-0.05, 0) is 38.9 Å². The number of benzene rings is 1. The number of phenols is 1. The average molecular weight is 338 g/mol. The highest BCUT2D eigenvalue weighted by atomic mass is 32.2. The van der Waals surface area contributed by atoms with E-state index in [4.69, 9.17) is 0 Å². The second kappa shape index (κ2) is 6.79. The highest BCUT2D eigenvalue weighted by molar-refractivity contribution is 7.91. The zero-order valence-electron chi connectivity index (χ0n) is 13.7. The summed E-state index contributed by atoms with van der Waals surface area (Å²) in [6.07, 6.45) is 2.15. The molecule has 0 aromatic heterocycles. The van der Waals surface area contributed by atoms with Crippen molar-refractivity contribution in [3.05, 3.63) is 29.3 Å². The van der Waals surface area contributed by atoms with E-state index in [1.807, 2.05) is 13.0 Å². The van der Waals surface area contributed by atoms with Crippen molar-refractivity contribution in [3.8, 4) is 5.75 Å². The van der Waals surface area contributed by atoms with Gasteiger partial charge in [0.05, 0.1) is 11.5 Å². The van der Waals surface area contributed by atoms with Gasteiger partial charge in [0.2, 0.25) is 0 Å². The van der Waals surface area contributed by atoms with Crippen molar-refractivity contribution in [2.45, 2.75) is 32.4 Å². The predicted octanol–water partition coefficient (Wildman–Crippen LogP) is 1.40. The summed E-state index contributed by atoms with van der Waals surface area (Å²) in [6, 6.07) is 6.26. The Bertz CT molecular complexity index is 638. The second-order valence-corrected chi connectivity index (χ2v) is 9.13. The van der Waals surface area contributed by atoms with Crippen LogP contribution in [0.2, 0.25) is 0 Å². The van der Waals surface area contributed by atoms with Crippen molar-refractivity contribution in [3.63, 3.8) is 0 Å². The van der Waals surface area contributed by atoms with Gasteiger partial charge in [-0.25, -0.2) is 8.42 Å². The molecule has 128 valence electrons. The second-order valence-electron chi connectivity index (χ2n) is 6.83. The fourth-order valence-electron chi connectivity index (χ4n) is 3.62. The molecule has 0 saturated carbocycles. The van der Waals surface area contributed by atoms with Crippen LogP contribution >= 0.6 is 0 Å². The lowest BCUT2D eigenvalue weighted by molar-refractivity contribution is 0.110. The van der Waals surface area contributed by atoms with Crippen molar-refractivity contribution in [1.29, 1.82) is 0 Å². The Balaban J connectivity index is 1.52. The number of hydrogen-bond donors (Lipinski definition) is 1. The van der Waals surface area contributed by atoms with E-state index in [0.29, 0.717) is 36.4 Å². The molecule has 0 bridgehead atoms. The molecule has 3 rings (SSSR count). The summed E-state index contributed by atoms with van der Waals surface area (Å²) in [7, 11) is -2.79. The van der Waals surface area contributed by atoms with Gasteiger partial charge in [-0.15, -0.1) is 0 Å². The summed E-state index contributed by atoms with van der Waals surface area (Å²) in [6.45, 7) is 6.20. The molecule has 2 fully saturated rings. The van der Waals surface area contributed by atoms with Gasteiger partial charge in [0, 0.05) is 31.2 Å². The first-order chi connectivity index (χ1) is 10.9. The Kier molecular flexibility index (Phi) is 4.94. The van der Waals surface area contributed by atoms with E-state index in [0.717, 1.165) is 38.0 Å². The number of rotatable bonds is 3. The van der Waals surface area contributed by atoms with E-state index in [9.17, 15) is 13.5 Å². The molecule has 2 heterocycles. The lowest BCUT2D eigenvalue weighted by atomic mass is 10.0. The predicted molar refractivity (Wildman–Crippen MR) is 91.4 cm³/mol. The van der Waals surface area contributed by atoms with Gasteiger partial charge in [0.1, 0.15) is 5.75 Å². The maximum Gasteiger partial charge on any atom is 0.152 e. The standard InChI is InChI=1S/C17H26N2O3S/c1-14-2-3-17(20)15(12-14)13-18-6-4-16(5-7-18)19-8-10-23(21,22)11-9-19/h2-3,12,16,20H,4-11,13H2,1H3. The van der Waals surface area contributed by atoms with Gasteiger partial charge in [-0.1, -0.05) is 17.7 Å². The van der Waals surface area contributed by atoms with Crippen molar-refractivity contribution >= 4 is 9.84 Å². The average Bonchev–Trinajstić information content (AvgIpc) is 2.52. The maximum atomic E-state index is 11.5. The van der Waals surface area contributed by atoms with Crippen LogP contribution < -0.4 is 0 Å². The number of hydrogen-bond acceptors (Lipinski definition) is 5. The van der Waals surface area contributed by atoms with Crippen molar-refractivity contribution < 1.29 is 13.5 Å². The Labute approximate surface area is 138 Å². The summed E-state index contributed by atoms with van der Waals surface area (Å²) in [5, 5.41) is 9.98. The molecule has 6 heteroatoms. The number of phenolic OH excluding ortho intramolecular Hbond substituents is 1. The van der Waals surface area contributed by atoms with E-state index in [2.05, 4.69) is 15.9 Å². The topological polar surface area (TPSA) is 60.9 Å². The summed E-state index contributed by atoms with van der Waals surface area (Å²) < 4.78 is 23.1. The SMILES string of the molecule is Cc1ccc(O)c(CN2CCC(N3CCS(=O)(=O)CC3)CC2)c1.